The number of hydrogen-bond acceptors (Lipinski definition) is 5. The molecular formula is C18H13F2N5OS. The van der Waals surface area contributed by atoms with Gasteiger partial charge in [-0.2, -0.15) is 0 Å². The van der Waals surface area contributed by atoms with Crippen LogP contribution in [0.25, 0.3) is 10.2 Å². The number of halogens is 2. The zero-order valence-corrected chi connectivity index (χ0v) is 15.0. The first kappa shape index (κ1) is 17.2. The van der Waals surface area contributed by atoms with Crippen LogP contribution in [-0.4, -0.2) is 25.4 Å². The minimum Gasteiger partial charge on any atom is -0.330 e. The number of amides is 1. The summed E-state index contributed by atoms with van der Waals surface area (Å²) in [5.74, 6) is -1.67. The molecule has 1 aromatic carbocycles. The van der Waals surface area contributed by atoms with Crippen LogP contribution in [-0.2, 0) is 13.6 Å². The van der Waals surface area contributed by atoms with Gasteiger partial charge in [0, 0.05) is 31.7 Å². The van der Waals surface area contributed by atoms with Crippen molar-refractivity contribution in [2.75, 3.05) is 4.90 Å². The lowest BCUT2D eigenvalue weighted by molar-refractivity contribution is 0.0972. The molecule has 0 aliphatic carbocycles. The van der Waals surface area contributed by atoms with Gasteiger partial charge in [0.25, 0.3) is 5.91 Å². The smallest absolute Gasteiger partial charge is 0.296 e. The summed E-state index contributed by atoms with van der Waals surface area (Å²) in [6.07, 6.45) is 4.78. The van der Waals surface area contributed by atoms with Gasteiger partial charge < -0.3 is 4.57 Å². The number of fused-ring (bicyclic) bond motifs is 1. The summed E-state index contributed by atoms with van der Waals surface area (Å²) in [7, 11) is 1.70. The first-order valence-corrected chi connectivity index (χ1v) is 8.79. The molecule has 0 aliphatic heterocycles. The van der Waals surface area contributed by atoms with Crippen LogP contribution in [0, 0.1) is 11.6 Å². The molecule has 0 aliphatic rings. The van der Waals surface area contributed by atoms with E-state index in [0.717, 1.165) is 17.4 Å². The predicted octanol–water partition coefficient (Wildman–Crippen LogP) is 3.55. The number of benzene rings is 1. The third-order valence-corrected chi connectivity index (χ3v) is 4.96. The zero-order valence-electron chi connectivity index (χ0n) is 14.1. The molecule has 0 atom stereocenters. The van der Waals surface area contributed by atoms with E-state index in [-0.39, 0.29) is 23.0 Å². The van der Waals surface area contributed by atoms with Gasteiger partial charge in [-0.05, 0) is 18.2 Å². The lowest BCUT2D eigenvalue weighted by Gasteiger charge is -2.19. The molecule has 6 nitrogen and oxygen atoms in total. The molecule has 0 bridgehead atoms. The van der Waals surface area contributed by atoms with Crippen LogP contribution in [0.2, 0.25) is 0 Å². The molecule has 0 fully saturated rings. The van der Waals surface area contributed by atoms with Crippen molar-refractivity contribution in [1.29, 1.82) is 0 Å². The molecule has 0 saturated heterocycles. The van der Waals surface area contributed by atoms with Gasteiger partial charge in [-0.25, -0.2) is 18.7 Å². The van der Waals surface area contributed by atoms with Crippen molar-refractivity contribution in [2.24, 2.45) is 7.05 Å². The van der Waals surface area contributed by atoms with E-state index in [9.17, 15) is 13.6 Å². The summed E-state index contributed by atoms with van der Waals surface area (Å²) in [5, 5.41) is 0.244. The molecule has 0 N–H and O–H groups in total. The number of pyridine rings is 1. The van der Waals surface area contributed by atoms with Gasteiger partial charge in [0.2, 0.25) is 0 Å². The van der Waals surface area contributed by atoms with Crippen molar-refractivity contribution in [2.45, 2.75) is 6.54 Å². The number of hydrogen-bond donors (Lipinski definition) is 0. The Morgan fingerprint density at radius 3 is 2.78 bits per heavy atom. The number of aromatic nitrogens is 4. The van der Waals surface area contributed by atoms with Crippen molar-refractivity contribution >= 4 is 32.6 Å². The third-order valence-electron chi connectivity index (χ3n) is 3.94. The molecule has 0 spiro atoms. The van der Waals surface area contributed by atoms with Crippen molar-refractivity contribution in [3.63, 3.8) is 0 Å². The molecular weight excluding hydrogens is 372 g/mol. The maximum Gasteiger partial charge on any atom is 0.296 e. The van der Waals surface area contributed by atoms with Gasteiger partial charge in [-0.15, -0.1) is 0 Å². The van der Waals surface area contributed by atoms with E-state index in [0.29, 0.717) is 10.4 Å². The summed E-state index contributed by atoms with van der Waals surface area (Å²) in [6.45, 7) is 0.121. The normalized spacial score (nSPS) is 11.1. The topological polar surface area (TPSA) is 63.9 Å². The van der Waals surface area contributed by atoms with E-state index < -0.39 is 17.5 Å². The van der Waals surface area contributed by atoms with E-state index in [1.54, 1.807) is 42.2 Å². The fourth-order valence-corrected chi connectivity index (χ4v) is 3.64. The minimum atomic E-state index is -0.769. The molecule has 4 rings (SSSR count). The molecule has 3 heterocycles. The second-order valence-corrected chi connectivity index (χ2v) is 6.81. The largest absolute Gasteiger partial charge is 0.330 e. The minimum absolute atomic E-state index is 0.0232. The Morgan fingerprint density at radius 2 is 2.07 bits per heavy atom. The quantitative estimate of drug-likeness (QED) is 0.539. The second-order valence-electron chi connectivity index (χ2n) is 5.80. The van der Waals surface area contributed by atoms with E-state index in [1.165, 1.54) is 17.2 Å². The number of rotatable bonds is 4. The van der Waals surface area contributed by atoms with Crippen LogP contribution < -0.4 is 4.90 Å². The summed E-state index contributed by atoms with van der Waals surface area (Å²) in [5.41, 5.74) is 0.654. The molecule has 0 unspecified atom stereocenters. The molecule has 3 aromatic heterocycles. The van der Waals surface area contributed by atoms with Crippen molar-refractivity contribution in [1.82, 2.24) is 19.5 Å². The van der Waals surface area contributed by atoms with Gasteiger partial charge in [0.1, 0.15) is 11.3 Å². The molecule has 1 amide bonds. The van der Waals surface area contributed by atoms with Gasteiger partial charge in [-0.3, -0.25) is 14.7 Å². The van der Waals surface area contributed by atoms with E-state index in [2.05, 4.69) is 15.0 Å². The highest BCUT2D eigenvalue weighted by molar-refractivity contribution is 7.22. The fraction of sp³-hybridized carbons (Fsp3) is 0.111. The number of carbonyl (C=O) groups is 1. The van der Waals surface area contributed by atoms with Gasteiger partial charge in [0.15, 0.2) is 16.8 Å². The van der Waals surface area contributed by atoms with Crippen molar-refractivity contribution in [3.05, 3.63) is 72.1 Å². The summed E-state index contributed by atoms with van der Waals surface area (Å²) in [4.78, 5) is 27.0. The molecule has 27 heavy (non-hydrogen) atoms. The lowest BCUT2D eigenvalue weighted by Crippen LogP contribution is -2.32. The Bertz CT molecular complexity index is 1130. The van der Waals surface area contributed by atoms with E-state index in [1.807, 2.05) is 0 Å². The number of imidazole rings is 1. The standard InChI is InChI=1S/C18H13F2N5OS/c1-24-7-6-22-16(24)17(26)25(10-12-4-2-3-5-21-12)18-23-15-13(20)8-11(19)9-14(15)27-18/h2-9H,10H2,1H3. The first-order valence-electron chi connectivity index (χ1n) is 7.97. The van der Waals surface area contributed by atoms with E-state index in [4.69, 9.17) is 0 Å². The Balaban J connectivity index is 1.81. The Kier molecular flexibility index (Phi) is 4.36. The van der Waals surface area contributed by atoms with Gasteiger partial charge >= 0.3 is 0 Å². The fourth-order valence-electron chi connectivity index (χ4n) is 2.63. The highest BCUT2D eigenvalue weighted by Crippen LogP contribution is 2.32. The number of aryl methyl sites for hydroxylation is 1. The monoisotopic (exact) mass is 385 g/mol. The highest BCUT2D eigenvalue weighted by atomic mass is 32.1. The summed E-state index contributed by atoms with van der Waals surface area (Å²) >= 11 is 1.03. The zero-order chi connectivity index (χ0) is 19.0. The summed E-state index contributed by atoms with van der Waals surface area (Å²) in [6, 6.07) is 7.31. The van der Waals surface area contributed by atoms with Crippen LogP contribution in [0.1, 0.15) is 16.3 Å². The highest BCUT2D eigenvalue weighted by Gasteiger charge is 2.25. The maximum absolute atomic E-state index is 14.1. The number of nitrogens with zero attached hydrogens (tertiary/aromatic N) is 5. The Morgan fingerprint density at radius 1 is 1.22 bits per heavy atom. The number of thiazole rings is 1. The Labute approximate surface area is 156 Å². The molecule has 4 aromatic rings. The maximum atomic E-state index is 14.1. The third kappa shape index (κ3) is 3.28. The van der Waals surface area contributed by atoms with Crippen LogP contribution in [0.5, 0.6) is 0 Å². The molecule has 0 saturated carbocycles. The number of carbonyl (C=O) groups excluding carboxylic acids is 1. The van der Waals surface area contributed by atoms with Gasteiger partial charge in [0.05, 0.1) is 16.9 Å². The second kappa shape index (κ2) is 6.84. The van der Waals surface area contributed by atoms with Crippen molar-refractivity contribution in [3.8, 4) is 0 Å². The molecule has 0 radical (unpaired) electrons. The van der Waals surface area contributed by atoms with Crippen LogP contribution >= 0.6 is 11.3 Å². The number of anilines is 1. The van der Waals surface area contributed by atoms with Gasteiger partial charge in [-0.1, -0.05) is 17.4 Å². The van der Waals surface area contributed by atoms with Crippen LogP contribution in [0.3, 0.4) is 0 Å². The summed E-state index contributed by atoms with van der Waals surface area (Å²) < 4.78 is 29.5. The average Bonchev–Trinajstić information content (AvgIpc) is 3.26. The van der Waals surface area contributed by atoms with Crippen molar-refractivity contribution < 1.29 is 13.6 Å². The van der Waals surface area contributed by atoms with Crippen LogP contribution in [0.15, 0.2) is 48.9 Å². The SMILES string of the molecule is Cn1ccnc1C(=O)N(Cc1ccccn1)c1nc2c(F)cc(F)cc2s1. The predicted molar refractivity (Wildman–Crippen MR) is 97.5 cm³/mol. The lowest BCUT2D eigenvalue weighted by atomic mass is 10.3. The van der Waals surface area contributed by atoms with E-state index >= 15 is 0 Å². The molecule has 9 heteroatoms. The average molecular weight is 385 g/mol. The molecule has 136 valence electrons. The van der Waals surface area contributed by atoms with Crippen LogP contribution in [0.4, 0.5) is 13.9 Å². The Hall–Kier alpha value is -3.20. The first-order chi connectivity index (χ1) is 13.0.